The summed E-state index contributed by atoms with van der Waals surface area (Å²) in [4.78, 5) is 21.5. The summed E-state index contributed by atoms with van der Waals surface area (Å²) in [6, 6.07) is 9.33. The monoisotopic (exact) mass is 363 g/mol. The number of amides is 1. The second-order valence-electron chi connectivity index (χ2n) is 5.29. The van der Waals surface area contributed by atoms with E-state index in [9.17, 15) is 23.3 Å². The van der Waals surface area contributed by atoms with E-state index in [-0.39, 0.29) is 22.2 Å². The normalized spacial score (nSPS) is 11.0. The van der Waals surface area contributed by atoms with Crippen molar-refractivity contribution in [3.05, 3.63) is 58.1 Å². The van der Waals surface area contributed by atoms with E-state index in [1.807, 2.05) is 0 Å². The summed E-state index contributed by atoms with van der Waals surface area (Å²) in [5.41, 5.74) is 1.38. The van der Waals surface area contributed by atoms with Gasteiger partial charge in [-0.3, -0.25) is 19.6 Å². The highest BCUT2D eigenvalue weighted by Crippen LogP contribution is 2.24. The Kier molecular flexibility index (Phi) is 5.38. The SMILES string of the molecule is CCC(=O)Nc1cc(NS(=O)(=O)c2ccc([N+](=O)[O-])cc2)ccc1C. The minimum atomic E-state index is -3.90. The van der Waals surface area contributed by atoms with Crippen molar-refractivity contribution < 1.29 is 18.1 Å². The van der Waals surface area contributed by atoms with Crippen LogP contribution in [0.15, 0.2) is 47.4 Å². The second kappa shape index (κ2) is 7.31. The van der Waals surface area contributed by atoms with Crippen LogP contribution in [0.2, 0.25) is 0 Å². The summed E-state index contributed by atoms with van der Waals surface area (Å²) in [5.74, 6) is -0.182. The van der Waals surface area contributed by atoms with Gasteiger partial charge in [0.25, 0.3) is 15.7 Å². The van der Waals surface area contributed by atoms with Gasteiger partial charge in [-0.25, -0.2) is 8.42 Å². The Labute approximate surface area is 145 Å². The molecule has 0 fully saturated rings. The largest absolute Gasteiger partial charge is 0.326 e. The highest BCUT2D eigenvalue weighted by molar-refractivity contribution is 7.92. The summed E-state index contributed by atoms with van der Waals surface area (Å²) >= 11 is 0. The lowest BCUT2D eigenvalue weighted by Gasteiger charge is -2.12. The van der Waals surface area contributed by atoms with Gasteiger partial charge in [0.2, 0.25) is 5.91 Å². The lowest BCUT2D eigenvalue weighted by molar-refractivity contribution is -0.384. The zero-order valence-corrected chi connectivity index (χ0v) is 14.5. The molecule has 2 rings (SSSR count). The molecule has 8 nitrogen and oxygen atoms in total. The van der Waals surface area contributed by atoms with E-state index in [0.717, 1.165) is 29.8 Å². The Morgan fingerprint density at radius 3 is 2.36 bits per heavy atom. The van der Waals surface area contributed by atoms with Crippen molar-refractivity contribution in [3.63, 3.8) is 0 Å². The van der Waals surface area contributed by atoms with Crippen molar-refractivity contribution in [1.29, 1.82) is 0 Å². The molecule has 0 heterocycles. The molecule has 0 spiro atoms. The molecule has 2 aromatic rings. The van der Waals surface area contributed by atoms with Crippen molar-refractivity contribution in [3.8, 4) is 0 Å². The van der Waals surface area contributed by atoms with Gasteiger partial charge in [0, 0.05) is 24.2 Å². The van der Waals surface area contributed by atoms with Gasteiger partial charge in [0.15, 0.2) is 0 Å². The average Bonchev–Trinajstić information content (AvgIpc) is 2.57. The molecule has 132 valence electrons. The van der Waals surface area contributed by atoms with Crippen molar-refractivity contribution in [2.75, 3.05) is 10.0 Å². The van der Waals surface area contributed by atoms with Gasteiger partial charge in [0.1, 0.15) is 0 Å². The number of carbonyl (C=O) groups is 1. The van der Waals surface area contributed by atoms with Crippen LogP contribution >= 0.6 is 0 Å². The maximum Gasteiger partial charge on any atom is 0.269 e. The lowest BCUT2D eigenvalue weighted by atomic mass is 10.2. The predicted molar refractivity (Wildman–Crippen MR) is 94.0 cm³/mol. The molecule has 2 aromatic carbocycles. The van der Waals surface area contributed by atoms with Gasteiger partial charge in [-0.2, -0.15) is 0 Å². The molecular weight excluding hydrogens is 346 g/mol. The van der Waals surface area contributed by atoms with Gasteiger partial charge < -0.3 is 5.32 Å². The molecule has 0 saturated heterocycles. The molecule has 25 heavy (non-hydrogen) atoms. The highest BCUT2D eigenvalue weighted by atomic mass is 32.2. The molecule has 0 aliphatic carbocycles. The number of benzene rings is 2. The van der Waals surface area contributed by atoms with E-state index < -0.39 is 14.9 Å². The third kappa shape index (κ3) is 4.54. The van der Waals surface area contributed by atoms with E-state index in [0.29, 0.717) is 12.1 Å². The lowest BCUT2D eigenvalue weighted by Crippen LogP contribution is -2.14. The second-order valence-corrected chi connectivity index (χ2v) is 6.97. The number of aryl methyl sites for hydroxylation is 1. The number of nitro benzene ring substituents is 1. The minimum absolute atomic E-state index is 0.0992. The maximum absolute atomic E-state index is 12.4. The van der Waals surface area contributed by atoms with Crippen LogP contribution in [-0.4, -0.2) is 19.2 Å². The van der Waals surface area contributed by atoms with Gasteiger partial charge in [-0.1, -0.05) is 13.0 Å². The number of non-ortho nitro benzene ring substituents is 1. The molecule has 0 aliphatic heterocycles. The Bertz CT molecular complexity index is 908. The van der Waals surface area contributed by atoms with E-state index in [1.165, 1.54) is 6.07 Å². The summed E-state index contributed by atoms with van der Waals surface area (Å²) in [6.45, 7) is 3.51. The van der Waals surface area contributed by atoms with Gasteiger partial charge >= 0.3 is 0 Å². The minimum Gasteiger partial charge on any atom is -0.326 e. The first-order chi connectivity index (χ1) is 11.7. The number of rotatable bonds is 6. The Morgan fingerprint density at radius 2 is 1.80 bits per heavy atom. The first-order valence-electron chi connectivity index (χ1n) is 7.40. The first kappa shape index (κ1) is 18.4. The van der Waals surface area contributed by atoms with Crippen LogP contribution in [0.5, 0.6) is 0 Å². The zero-order chi connectivity index (χ0) is 18.6. The van der Waals surface area contributed by atoms with Gasteiger partial charge in [0.05, 0.1) is 15.5 Å². The van der Waals surface area contributed by atoms with Crippen molar-refractivity contribution >= 4 is 33.0 Å². The third-order valence-electron chi connectivity index (χ3n) is 3.44. The number of carbonyl (C=O) groups excluding carboxylic acids is 1. The van der Waals surface area contributed by atoms with E-state index >= 15 is 0 Å². The standard InChI is InChI=1S/C16H17N3O5S/c1-3-16(20)17-15-10-12(5-4-11(15)2)18-25(23,24)14-8-6-13(7-9-14)19(21)22/h4-10,18H,3H2,1-2H3,(H,17,20). The maximum atomic E-state index is 12.4. The number of hydrogen-bond donors (Lipinski definition) is 2. The van der Waals surface area contributed by atoms with Crippen LogP contribution < -0.4 is 10.0 Å². The van der Waals surface area contributed by atoms with Crippen molar-refractivity contribution in [1.82, 2.24) is 0 Å². The molecule has 2 N–H and O–H groups in total. The van der Waals surface area contributed by atoms with E-state index in [4.69, 9.17) is 0 Å². The summed E-state index contributed by atoms with van der Waals surface area (Å²) in [7, 11) is -3.90. The van der Waals surface area contributed by atoms with Crippen LogP contribution in [0.25, 0.3) is 0 Å². The molecular formula is C16H17N3O5S. The van der Waals surface area contributed by atoms with Crippen LogP contribution in [0.4, 0.5) is 17.1 Å². The number of sulfonamides is 1. The quantitative estimate of drug-likeness (QED) is 0.604. The molecule has 0 saturated carbocycles. The average molecular weight is 363 g/mol. The summed E-state index contributed by atoms with van der Waals surface area (Å²) < 4.78 is 27.2. The number of hydrogen-bond acceptors (Lipinski definition) is 5. The molecule has 9 heteroatoms. The first-order valence-corrected chi connectivity index (χ1v) is 8.89. The van der Waals surface area contributed by atoms with Gasteiger partial charge in [-0.15, -0.1) is 0 Å². The molecule has 0 unspecified atom stereocenters. The van der Waals surface area contributed by atoms with Crippen LogP contribution in [0, 0.1) is 17.0 Å². The number of anilines is 2. The topological polar surface area (TPSA) is 118 Å². The number of nitrogens with zero attached hydrogens (tertiary/aromatic N) is 1. The smallest absolute Gasteiger partial charge is 0.269 e. The molecule has 0 bridgehead atoms. The number of nitro groups is 1. The van der Waals surface area contributed by atoms with E-state index in [2.05, 4.69) is 10.0 Å². The summed E-state index contributed by atoms with van der Waals surface area (Å²) in [5, 5.41) is 13.3. The third-order valence-corrected chi connectivity index (χ3v) is 4.84. The van der Waals surface area contributed by atoms with Crippen molar-refractivity contribution in [2.45, 2.75) is 25.2 Å². The Hall–Kier alpha value is -2.94. The van der Waals surface area contributed by atoms with Crippen LogP contribution in [0.3, 0.4) is 0 Å². The molecule has 0 aromatic heterocycles. The van der Waals surface area contributed by atoms with Crippen LogP contribution in [0.1, 0.15) is 18.9 Å². The molecule has 0 atom stereocenters. The Morgan fingerprint density at radius 1 is 1.16 bits per heavy atom. The van der Waals surface area contributed by atoms with Crippen molar-refractivity contribution in [2.24, 2.45) is 0 Å². The van der Waals surface area contributed by atoms with E-state index in [1.54, 1.807) is 26.0 Å². The zero-order valence-electron chi connectivity index (χ0n) is 13.6. The fourth-order valence-electron chi connectivity index (χ4n) is 2.02. The molecule has 0 radical (unpaired) electrons. The molecule has 1 amide bonds. The van der Waals surface area contributed by atoms with Gasteiger partial charge in [-0.05, 0) is 36.8 Å². The Balaban J connectivity index is 2.26. The fourth-order valence-corrected chi connectivity index (χ4v) is 3.07. The molecule has 0 aliphatic rings. The fraction of sp³-hybridized carbons (Fsp3) is 0.188. The highest BCUT2D eigenvalue weighted by Gasteiger charge is 2.16. The van der Waals surface area contributed by atoms with Crippen LogP contribution in [-0.2, 0) is 14.8 Å². The predicted octanol–water partition coefficient (Wildman–Crippen LogP) is 3.05. The summed E-state index contributed by atoms with van der Waals surface area (Å²) in [6.07, 6.45) is 0.304. The number of nitrogens with one attached hydrogen (secondary N) is 2.